The van der Waals surface area contributed by atoms with E-state index in [1.165, 1.54) is 4.90 Å². The number of carboxylic acid groups (broad SMARTS) is 1. The van der Waals surface area contributed by atoms with E-state index in [-0.39, 0.29) is 13.1 Å². The number of benzene rings is 1. The van der Waals surface area contributed by atoms with Crippen LogP contribution in [0.2, 0.25) is 0 Å². The zero-order valence-corrected chi connectivity index (χ0v) is 14.7. The lowest BCUT2D eigenvalue weighted by atomic mass is 10.1. The van der Waals surface area contributed by atoms with Gasteiger partial charge in [-0.2, -0.15) is 0 Å². The Morgan fingerprint density at radius 3 is 2.37 bits per heavy atom. The van der Waals surface area contributed by atoms with Crippen LogP contribution in [0, 0.1) is 0 Å². The zero-order chi connectivity index (χ0) is 20.0. The van der Waals surface area contributed by atoms with Crippen LogP contribution in [0.1, 0.15) is 18.5 Å². The highest BCUT2D eigenvalue weighted by Gasteiger charge is 2.37. The molecule has 0 bridgehead atoms. The molecule has 1 fully saturated rings. The summed E-state index contributed by atoms with van der Waals surface area (Å²) < 4.78 is 0. The Hall–Kier alpha value is -3.43. The summed E-state index contributed by atoms with van der Waals surface area (Å²) in [6.45, 7) is 1.66. The minimum Gasteiger partial charge on any atom is -0.480 e. The van der Waals surface area contributed by atoms with Gasteiger partial charge < -0.3 is 20.6 Å². The van der Waals surface area contributed by atoms with Crippen molar-refractivity contribution in [3.8, 4) is 0 Å². The molecule has 144 valence electrons. The van der Waals surface area contributed by atoms with Crippen LogP contribution in [0.15, 0.2) is 30.3 Å². The van der Waals surface area contributed by atoms with Crippen molar-refractivity contribution in [1.29, 1.82) is 0 Å². The van der Waals surface area contributed by atoms with E-state index < -0.39 is 42.3 Å². The van der Waals surface area contributed by atoms with Crippen LogP contribution in [0.4, 0.5) is 4.79 Å². The fourth-order valence-corrected chi connectivity index (χ4v) is 2.58. The summed E-state index contributed by atoms with van der Waals surface area (Å²) >= 11 is 0. The Balaban J connectivity index is 2.16. The first kappa shape index (κ1) is 19.9. The van der Waals surface area contributed by atoms with Gasteiger partial charge in [0, 0.05) is 19.6 Å². The number of carbonyl (C=O) groups is 5. The van der Waals surface area contributed by atoms with Crippen molar-refractivity contribution in [2.75, 3.05) is 26.2 Å². The van der Waals surface area contributed by atoms with E-state index in [9.17, 15) is 24.0 Å². The number of urea groups is 1. The van der Waals surface area contributed by atoms with Crippen molar-refractivity contribution in [2.24, 2.45) is 0 Å². The summed E-state index contributed by atoms with van der Waals surface area (Å²) in [5.41, 5.74) is 0.403. The first-order chi connectivity index (χ1) is 12.8. The molecule has 1 aromatic carbocycles. The van der Waals surface area contributed by atoms with Gasteiger partial charge in [-0.3, -0.25) is 24.1 Å². The number of hydrogen-bond donors (Lipinski definition) is 3. The molecule has 1 heterocycles. The van der Waals surface area contributed by atoms with Crippen molar-refractivity contribution in [3.05, 3.63) is 35.9 Å². The third-order valence-corrected chi connectivity index (χ3v) is 4.01. The predicted octanol–water partition coefficient (Wildman–Crippen LogP) is -0.671. The van der Waals surface area contributed by atoms with Crippen LogP contribution in [-0.2, 0) is 19.2 Å². The van der Waals surface area contributed by atoms with Gasteiger partial charge in [-0.15, -0.1) is 0 Å². The second-order valence-electron chi connectivity index (χ2n) is 5.75. The van der Waals surface area contributed by atoms with Gasteiger partial charge in [0.25, 0.3) is 0 Å². The molecule has 0 saturated carbocycles. The Labute approximate surface area is 155 Å². The fourth-order valence-electron chi connectivity index (χ4n) is 2.58. The maximum absolute atomic E-state index is 12.5. The molecule has 1 atom stereocenters. The Kier molecular flexibility index (Phi) is 6.47. The second-order valence-corrected chi connectivity index (χ2v) is 5.75. The molecule has 5 amide bonds. The van der Waals surface area contributed by atoms with Gasteiger partial charge in [-0.05, 0) is 12.5 Å². The van der Waals surface area contributed by atoms with Crippen molar-refractivity contribution < 1.29 is 29.1 Å². The Bertz CT molecular complexity index is 751. The molecular weight excluding hydrogens is 356 g/mol. The van der Waals surface area contributed by atoms with Gasteiger partial charge in [-0.25, -0.2) is 4.79 Å². The van der Waals surface area contributed by atoms with Crippen molar-refractivity contribution in [2.45, 2.75) is 13.0 Å². The second kappa shape index (κ2) is 8.79. The summed E-state index contributed by atoms with van der Waals surface area (Å²) in [4.78, 5) is 61.7. The monoisotopic (exact) mass is 376 g/mol. The molecule has 1 saturated heterocycles. The van der Waals surface area contributed by atoms with Gasteiger partial charge >= 0.3 is 23.8 Å². The van der Waals surface area contributed by atoms with E-state index in [4.69, 9.17) is 5.11 Å². The van der Waals surface area contributed by atoms with E-state index in [2.05, 4.69) is 10.6 Å². The van der Waals surface area contributed by atoms with E-state index in [1.807, 2.05) is 0 Å². The minimum atomic E-state index is -1.24. The van der Waals surface area contributed by atoms with Crippen LogP contribution < -0.4 is 10.6 Å². The number of carbonyl (C=O) groups excluding carboxylic acids is 4. The van der Waals surface area contributed by atoms with Gasteiger partial charge in [0.1, 0.15) is 12.6 Å². The van der Waals surface area contributed by atoms with Crippen LogP contribution in [0.3, 0.4) is 0 Å². The molecule has 2 rings (SSSR count). The number of rotatable bonds is 6. The molecular formula is C17H20N4O6. The summed E-state index contributed by atoms with van der Waals surface area (Å²) in [5.74, 6) is -3.75. The van der Waals surface area contributed by atoms with Crippen molar-refractivity contribution in [1.82, 2.24) is 20.4 Å². The summed E-state index contributed by atoms with van der Waals surface area (Å²) in [6, 6.07) is 6.04. The maximum atomic E-state index is 12.5. The van der Waals surface area contributed by atoms with Crippen LogP contribution in [-0.4, -0.2) is 70.8 Å². The average molecular weight is 376 g/mol. The van der Waals surface area contributed by atoms with Gasteiger partial charge in [-0.1, -0.05) is 30.3 Å². The summed E-state index contributed by atoms with van der Waals surface area (Å²) in [7, 11) is 0. The lowest BCUT2D eigenvalue weighted by molar-refractivity contribution is -0.153. The molecule has 10 nitrogen and oxygen atoms in total. The lowest BCUT2D eigenvalue weighted by Gasteiger charge is -2.32. The first-order valence-corrected chi connectivity index (χ1v) is 8.30. The Morgan fingerprint density at radius 1 is 1.11 bits per heavy atom. The normalized spacial score (nSPS) is 15.3. The number of amides is 5. The van der Waals surface area contributed by atoms with Crippen LogP contribution in [0.5, 0.6) is 0 Å². The molecule has 0 aromatic heterocycles. The fraction of sp³-hybridized carbons (Fsp3) is 0.353. The highest BCUT2D eigenvalue weighted by molar-refractivity contribution is 6.38. The van der Waals surface area contributed by atoms with E-state index in [1.54, 1.807) is 37.3 Å². The Morgan fingerprint density at radius 2 is 1.78 bits per heavy atom. The zero-order valence-electron chi connectivity index (χ0n) is 14.7. The number of nitrogens with one attached hydrogen (secondary N) is 2. The third-order valence-electron chi connectivity index (χ3n) is 4.01. The van der Waals surface area contributed by atoms with Gasteiger partial charge in [0.2, 0.25) is 5.91 Å². The number of likely N-dealkylation sites (N-methyl/N-ethyl adjacent to an activating group) is 1. The molecule has 0 aliphatic carbocycles. The molecule has 1 aliphatic rings. The number of piperazine rings is 1. The smallest absolute Gasteiger partial charge is 0.325 e. The molecule has 0 radical (unpaired) electrons. The molecule has 3 N–H and O–H groups in total. The number of nitrogens with zero attached hydrogens (tertiary/aromatic N) is 2. The van der Waals surface area contributed by atoms with Crippen LogP contribution in [0.25, 0.3) is 0 Å². The van der Waals surface area contributed by atoms with Crippen molar-refractivity contribution >= 4 is 29.7 Å². The highest BCUT2D eigenvalue weighted by Crippen LogP contribution is 2.14. The minimum absolute atomic E-state index is 0.00248. The quantitative estimate of drug-likeness (QED) is 0.563. The summed E-state index contributed by atoms with van der Waals surface area (Å²) in [6.07, 6.45) is 0. The highest BCUT2D eigenvalue weighted by atomic mass is 16.4. The van der Waals surface area contributed by atoms with Gasteiger partial charge in [0.15, 0.2) is 0 Å². The molecule has 0 spiro atoms. The predicted molar refractivity (Wildman–Crippen MR) is 92.3 cm³/mol. The molecule has 1 aromatic rings. The van der Waals surface area contributed by atoms with Crippen molar-refractivity contribution in [3.63, 3.8) is 0 Å². The number of carboxylic acids is 1. The SMILES string of the molecule is CCN1CCN(C(=O)N[C@@H](C(=O)NCC(=O)O)c2ccccc2)C(=O)C1=O. The first-order valence-electron chi connectivity index (χ1n) is 8.30. The van der Waals surface area contributed by atoms with E-state index in [0.29, 0.717) is 12.1 Å². The topological polar surface area (TPSA) is 136 Å². The molecule has 27 heavy (non-hydrogen) atoms. The van der Waals surface area contributed by atoms with Gasteiger partial charge in [0.05, 0.1) is 0 Å². The summed E-state index contributed by atoms with van der Waals surface area (Å²) in [5, 5.41) is 13.3. The molecule has 10 heteroatoms. The molecule has 1 aliphatic heterocycles. The number of hydrogen-bond acceptors (Lipinski definition) is 5. The van der Waals surface area contributed by atoms with E-state index in [0.717, 1.165) is 4.90 Å². The maximum Gasteiger partial charge on any atom is 0.325 e. The number of imide groups is 1. The average Bonchev–Trinajstić information content (AvgIpc) is 2.66. The lowest BCUT2D eigenvalue weighted by Crippen LogP contribution is -2.59. The van der Waals surface area contributed by atoms with Crippen LogP contribution >= 0.6 is 0 Å². The number of aliphatic carboxylic acids is 1. The third kappa shape index (κ3) is 4.81. The standard InChI is InChI=1S/C17H20N4O6/c1-2-20-8-9-21(16(26)15(20)25)17(27)19-13(11-6-4-3-5-7-11)14(24)18-10-12(22)23/h3-7,13H,2,8-10H2,1H3,(H,18,24)(H,19,27)(H,22,23)/t13-/m1/s1. The molecule has 0 unspecified atom stereocenters. The largest absolute Gasteiger partial charge is 0.480 e. The van der Waals surface area contributed by atoms with E-state index >= 15 is 0 Å².